The summed E-state index contributed by atoms with van der Waals surface area (Å²) in [6, 6.07) is 7.36. The number of hydrogen-bond acceptors (Lipinski definition) is 4. The van der Waals surface area contributed by atoms with Crippen LogP contribution in [-0.2, 0) is 9.53 Å². The van der Waals surface area contributed by atoms with Gasteiger partial charge in [-0.25, -0.2) is 0 Å². The summed E-state index contributed by atoms with van der Waals surface area (Å²) in [5, 5.41) is 0. The Labute approximate surface area is 105 Å². The summed E-state index contributed by atoms with van der Waals surface area (Å²) in [6.45, 7) is 3.90. The highest BCUT2D eigenvalue weighted by atomic mass is 16.6. The summed E-state index contributed by atoms with van der Waals surface area (Å²) in [4.78, 5) is 14.9. The lowest BCUT2D eigenvalue weighted by Gasteiger charge is -2.26. The first-order chi connectivity index (χ1) is 8.70. The van der Waals surface area contributed by atoms with Crippen molar-refractivity contribution in [3.63, 3.8) is 0 Å². The summed E-state index contributed by atoms with van der Waals surface area (Å²) in [5.74, 6) is 1.26. The Balaban J connectivity index is 2.18. The molecule has 0 aromatic heterocycles. The topological polar surface area (TPSA) is 57.1 Å². The summed E-state index contributed by atoms with van der Waals surface area (Å²) >= 11 is 0. The minimum absolute atomic E-state index is 0.263. The van der Waals surface area contributed by atoms with Crippen LogP contribution in [0.1, 0.15) is 13.8 Å². The van der Waals surface area contributed by atoms with Crippen molar-refractivity contribution in [1.82, 2.24) is 0 Å². The largest absolute Gasteiger partial charge is 0.485 e. The number of hydrogen-bond donors (Lipinski definition) is 0. The summed E-state index contributed by atoms with van der Waals surface area (Å²) < 4.78 is 16.6. The van der Waals surface area contributed by atoms with Gasteiger partial charge in [0.15, 0.2) is 11.5 Å². The summed E-state index contributed by atoms with van der Waals surface area (Å²) in [5.41, 5.74) is 0. The first kappa shape index (κ1) is 12.4. The molecule has 2 rings (SSSR count). The van der Waals surface area contributed by atoms with Crippen molar-refractivity contribution in [2.24, 2.45) is 4.99 Å². The number of ether oxygens (including phenoxy) is 3. The molecule has 1 heterocycles. The minimum Gasteiger partial charge on any atom is -0.485 e. The van der Waals surface area contributed by atoms with E-state index in [9.17, 15) is 4.79 Å². The Kier molecular flexibility index (Phi) is 3.82. The molecule has 1 aromatic rings. The lowest BCUT2D eigenvalue weighted by molar-refractivity contribution is -0.115. The van der Waals surface area contributed by atoms with E-state index in [0.29, 0.717) is 18.1 Å². The maximum atomic E-state index is 11.1. The fraction of sp³-hybridized carbons (Fsp3) is 0.385. The number of benzene rings is 1. The van der Waals surface area contributed by atoms with E-state index in [-0.39, 0.29) is 18.4 Å². The number of rotatable bonds is 2. The molecule has 0 saturated heterocycles. The highest BCUT2D eigenvalue weighted by Crippen LogP contribution is 2.31. The number of aliphatic imine (C=N–C) groups is 1. The van der Waals surface area contributed by atoms with E-state index < -0.39 is 6.10 Å². The van der Waals surface area contributed by atoms with E-state index in [4.69, 9.17) is 14.2 Å². The number of carbonyl (C=O) groups excluding carboxylic acids is 1. The summed E-state index contributed by atoms with van der Waals surface area (Å²) in [6.07, 6.45) is -0.483. The molecule has 0 N–H and O–H groups in total. The molecule has 1 aliphatic heterocycles. The Bertz CT molecular complexity index is 470. The van der Waals surface area contributed by atoms with E-state index >= 15 is 0 Å². The van der Waals surface area contributed by atoms with Gasteiger partial charge < -0.3 is 14.2 Å². The van der Waals surface area contributed by atoms with Gasteiger partial charge in [0, 0.05) is 6.92 Å². The Hall–Kier alpha value is -2.04. The molecule has 0 aliphatic carbocycles. The van der Waals surface area contributed by atoms with Gasteiger partial charge in [0.2, 0.25) is 17.9 Å². The van der Waals surface area contributed by atoms with Crippen LogP contribution in [0.5, 0.6) is 11.5 Å². The third-order valence-electron chi connectivity index (χ3n) is 2.34. The number of para-hydroxylation sites is 2. The highest BCUT2D eigenvalue weighted by molar-refractivity contribution is 5.93. The van der Waals surface area contributed by atoms with E-state index in [0.717, 1.165) is 0 Å². The first-order valence-corrected chi connectivity index (χ1v) is 5.81. The predicted octanol–water partition coefficient (Wildman–Crippen LogP) is 1.81. The molecular formula is C13H15NO4. The van der Waals surface area contributed by atoms with Gasteiger partial charge in [-0.05, 0) is 19.1 Å². The van der Waals surface area contributed by atoms with Gasteiger partial charge in [0.25, 0.3) is 0 Å². The van der Waals surface area contributed by atoms with Crippen LogP contribution in [0.25, 0.3) is 0 Å². The second kappa shape index (κ2) is 5.53. The molecule has 5 nitrogen and oxygen atoms in total. The second-order valence-electron chi connectivity index (χ2n) is 3.77. The zero-order valence-electron chi connectivity index (χ0n) is 10.4. The van der Waals surface area contributed by atoms with Gasteiger partial charge >= 0.3 is 0 Å². The van der Waals surface area contributed by atoms with Crippen molar-refractivity contribution in [2.45, 2.75) is 20.0 Å². The van der Waals surface area contributed by atoms with Gasteiger partial charge in [0.1, 0.15) is 6.61 Å². The van der Waals surface area contributed by atoms with Crippen LogP contribution in [0.15, 0.2) is 29.3 Å². The summed E-state index contributed by atoms with van der Waals surface area (Å²) in [7, 11) is 0. The van der Waals surface area contributed by atoms with Gasteiger partial charge in [-0.15, -0.1) is 0 Å². The number of nitrogens with zero attached hydrogens (tertiary/aromatic N) is 1. The molecule has 96 valence electrons. The van der Waals surface area contributed by atoms with Crippen LogP contribution >= 0.6 is 0 Å². The Morgan fingerprint density at radius 2 is 2.17 bits per heavy atom. The normalized spacial score (nSPS) is 18.3. The fourth-order valence-electron chi connectivity index (χ4n) is 1.64. The quantitative estimate of drug-likeness (QED) is 0.592. The SMILES string of the molecule is CCOC(=NC(C)=O)C1COc2ccccc2O1. The van der Waals surface area contributed by atoms with E-state index in [1.165, 1.54) is 6.92 Å². The number of carbonyl (C=O) groups is 1. The van der Waals surface area contributed by atoms with Crippen molar-refractivity contribution in [3.8, 4) is 11.5 Å². The molecule has 0 spiro atoms. The number of fused-ring (bicyclic) bond motifs is 1. The first-order valence-electron chi connectivity index (χ1n) is 5.81. The minimum atomic E-state index is -0.483. The zero-order valence-corrected chi connectivity index (χ0v) is 10.4. The molecule has 1 atom stereocenters. The van der Waals surface area contributed by atoms with Crippen molar-refractivity contribution in [1.29, 1.82) is 0 Å². The van der Waals surface area contributed by atoms with Gasteiger partial charge in [-0.3, -0.25) is 4.79 Å². The molecule has 5 heteroatoms. The molecule has 1 amide bonds. The molecule has 1 aromatic carbocycles. The van der Waals surface area contributed by atoms with Crippen molar-refractivity contribution in [3.05, 3.63) is 24.3 Å². The average Bonchev–Trinajstić information content (AvgIpc) is 2.37. The van der Waals surface area contributed by atoms with Crippen LogP contribution in [0.3, 0.4) is 0 Å². The van der Waals surface area contributed by atoms with Crippen LogP contribution in [0.4, 0.5) is 0 Å². The van der Waals surface area contributed by atoms with E-state index in [1.54, 1.807) is 6.07 Å². The van der Waals surface area contributed by atoms with Crippen molar-refractivity contribution < 1.29 is 19.0 Å². The number of amides is 1. The monoisotopic (exact) mass is 249 g/mol. The van der Waals surface area contributed by atoms with E-state index in [2.05, 4.69) is 4.99 Å². The molecular weight excluding hydrogens is 234 g/mol. The zero-order chi connectivity index (χ0) is 13.0. The van der Waals surface area contributed by atoms with Crippen LogP contribution in [-0.4, -0.2) is 31.1 Å². The molecule has 1 aliphatic rings. The van der Waals surface area contributed by atoms with Gasteiger partial charge in [-0.2, -0.15) is 4.99 Å². The molecule has 1 unspecified atom stereocenters. The van der Waals surface area contributed by atoms with Crippen LogP contribution in [0.2, 0.25) is 0 Å². The van der Waals surface area contributed by atoms with Crippen molar-refractivity contribution >= 4 is 11.8 Å². The maximum Gasteiger partial charge on any atom is 0.245 e. The molecule has 0 saturated carbocycles. The Morgan fingerprint density at radius 1 is 1.44 bits per heavy atom. The smallest absolute Gasteiger partial charge is 0.245 e. The van der Waals surface area contributed by atoms with Crippen LogP contribution in [0, 0.1) is 0 Å². The molecule has 18 heavy (non-hydrogen) atoms. The third kappa shape index (κ3) is 2.80. The predicted molar refractivity (Wildman–Crippen MR) is 66.1 cm³/mol. The van der Waals surface area contributed by atoms with E-state index in [1.807, 2.05) is 25.1 Å². The third-order valence-corrected chi connectivity index (χ3v) is 2.34. The lowest BCUT2D eigenvalue weighted by atomic mass is 10.2. The average molecular weight is 249 g/mol. The molecule has 0 fully saturated rings. The standard InChI is InChI=1S/C13H15NO4/c1-3-16-13(14-9(2)15)12-8-17-10-6-4-5-7-11(10)18-12/h4-7,12H,3,8H2,1-2H3. The fourth-order valence-corrected chi connectivity index (χ4v) is 1.64. The molecule has 0 radical (unpaired) electrons. The van der Waals surface area contributed by atoms with Crippen LogP contribution < -0.4 is 9.47 Å². The maximum absolute atomic E-state index is 11.1. The lowest BCUT2D eigenvalue weighted by Crippen LogP contribution is -2.38. The second-order valence-corrected chi connectivity index (χ2v) is 3.77. The van der Waals surface area contributed by atoms with Gasteiger partial charge in [0.05, 0.1) is 6.61 Å². The van der Waals surface area contributed by atoms with Gasteiger partial charge in [-0.1, -0.05) is 12.1 Å². The Morgan fingerprint density at radius 3 is 2.83 bits per heavy atom. The van der Waals surface area contributed by atoms with Crippen molar-refractivity contribution in [2.75, 3.05) is 13.2 Å². The molecule has 0 bridgehead atoms. The highest BCUT2D eigenvalue weighted by Gasteiger charge is 2.27.